The van der Waals surface area contributed by atoms with Gasteiger partial charge in [0.1, 0.15) is 0 Å². The number of rotatable bonds is 4. The first kappa shape index (κ1) is 20.8. The van der Waals surface area contributed by atoms with E-state index in [1.54, 1.807) is 6.07 Å². The number of carbonyl (C=O) groups is 2. The molecule has 28 heavy (non-hydrogen) atoms. The van der Waals surface area contributed by atoms with E-state index in [9.17, 15) is 9.59 Å². The third-order valence-electron chi connectivity index (χ3n) is 5.76. The number of hydrogen-bond donors (Lipinski definition) is 1. The fourth-order valence-corrected chi connectivity index (χ4v) is 3.95. The summed E-state index contributed by atoms with van der Waals surface area (Å²) in [7, 11) is 0. The molecule has 0 aliphatic carbocycles. The number of carbonyl (C=O) groups excluding carboxylic acids is 2. The van der Waals surface area contributed by atoms with Crippen molar-refractivity contribution in [2.75, 3.05) is 38.0 Å². The van der Waals surface area contributed by atoms with E-state index in [0.717, 1.165) is 57.6 Å². The van der Waals surface area contributed by atoms with Crippen LogP contribution in [-0.4, -0.2) is 59.5 Å². The third kappa shape index (κ3) is 5.56. The quantitative estimate of drug-likeness (QED) is 0.855. The molecule has 0 aromatic carbocycles. The number of nitrogens with zero attached hydrogens (tertiary/aromatic N) is 3. The molecule has 2 fully saturated rings. The molecule has 0 spiro atoms. The average Bonchev–Trinajstić information content (AvgIpc) is 2.95. The zero-order valence-electron chi connectivity index (χ0n) is 17.5. The van der Waals surface area contributed by atoms with Gasteiger partial charge in [-0.05, 0) is 38.8 Å². The molecule has 2 amide bonds. The van der Waals surface area contributed by atoms with Crippen LogP contribution in [0.4, 0.5) is 5.88 Å². The van der Waals surface area contributed by atoms with Gasteiger partial charge in [0, 0.05) is 30.5 Å². The van der Waals surface area contributed by atoms with E-state index in [1.807, 2.05) is 20.8 Å². The van der Waals surface area contributed by atoms with Gasteiger partial charge in [0.2, 0.25) is 17.7 Å². The second-order valence-corrected chi connectivity index (χ2v) is 9.16. The SMILES string of the molecule is CC(C)(C)c1cc(NC(=O)CN2CCC(C(=O)N3CCCCCC3)CC2)on1. The summed E-state index contributed by atoms with van der Waals surface area (Å²) in [6.45, 7) is 9.85. The van der Waals surface area contributed by atoms with Crippen LogP contribution >= 0.6 is 0 Å². The molecule has 2 saturated heterocycles. The molecule has 2 aliphatic heterocycles. The van der Waals surface area contributed by atoms with E-state index >= 15 is 0 Å². The maximum Gasteiger partial charge on any atom is 0.240 e. The summed E-state index contributed by atoms with van der Waals surface area (Å²) in [6.07, 6.45) is 6.39. The van der Waals surface area contributed by atoms with Gasteiger partial charge in [-0.3, -0.25) is 19.8 Å². The van der Waals surface area contributed by atoms with Crippen LogP contribution in [0.15, 0.2) is 10.6 Å². The van der Waals surface area contributed by atoms with Gasteiger partial charge in [0.15, 0.2) is 0 Å². The summed E-state index contributed by atoms with van der Waals surface area (Å²) in [5, 5.41) is 6.81. The minimum Gasteiger partial charge on any atom is -0.342 e. The minimum atomic E-state index is -0.117. The molecular weight excluding hydrogens is 356 g/mol. The van der Waals surface area contributed by atoms with Crippen molar-refractivity contribution >= 4 is 17.7 Å². The van der Waals surface area contributed by atoms with Crippen molar-refractivity contribution in [3.05, 3.63) is 11.8 Å². The lowest BCUT2D eigenvalue weighted by molar-refractivity contribution is -0.137. The monoisotopic (exact) mass is 390 g/mol. The largest absolute Gasteiger partial charge is 0.342 e. The van der Waals surface area contributed by atoms with Crippen LogP contribution in [0, 0.1) is 5.92 Å². The highest BCUT2D eigenvalue weighted by Crippen LogP contribution is 2.24. The molecule has 0 atom stereocenters. The summed E-state index contributed by atoms with van der Waals surface area (Å²) >= 11 is 0. The Hall–Kier alpha value is -1.89. The molecule has 1 N–H and O–H groups in total. The van der Waals surface area contributed by atoms with Gasteiger partial charge in [-0.25, -0.2) is 0 Å². The highest BCUT2D eigenvalue weighted by Gasteiger charge is 2.29. The Balaban J connectivity index is 1.43. The number of nitrogens with one attached hydrogen (secondary N) is 1. The topological polar surface area (TPSA) is 78.7 Å². The molecule has 7 heteroatoms. The van der Waals surface area contributed by atoms with Crippen molar-refractivity contribution in [3.8, 4) is 0 Å². The van der Waals surface area contributed by atoms with E-state index in [-0.39, 0.29) is 17.2 Å². The summed E-state index contributed by atoms with van der Waals surface area (Å²) in [5.74, 6) is 0.721. The van der Waals surface area contributed by atoms with Crippen molar-refractivity contribution in [1.29, 1.82) is 0 Å². The molecular formula is C21H34N4O3. The standard InChI is InChI=1S/C21H34N4O3/c1-21(2,3)17-14-19(28-23-17)22-18(26)15-24-12-8-16(9-13-24)20(27)25-10-6-4-5-7-11-25/h14,16H,4-13,15H2,1-3H3,(H,22,26). The van der Waals surface area contributed by atoms with Gasteiger partial charge < -0.3 is 9.42 Å². The molecule has 7 nitrogen and oxygen atoms in total. The van der Waals surface area contributed by atoms with Crippen LogP contribution in [0.3, 0.4) is 0 Å². The van der Waals surface area contributed by atoms with Gasteiger partial charge in [-0.2, -0.15) is 0 Å². The molecule has 156 valence electrons. The molecule has 1 aromatic heterocycles. The predicted octanol–water partition coefficient (Wildman–Crippen LogP) is 3.03. The summed E-state index contributed by atoms with van der Waals surface area (Å²) in [5.41, 5.74) is 0.699. The van der Waals surface area contributed by atoms with Gasteiger partial charge in [0.25, 0.3) is 0 Å². The minimum absolute atomic E-state index is 0.103. The fourth-order valence-electron chi connectivity index (χ4n) is 3.95. The molecule has 2 aliphatic rings. The van der Waals surface area contributed by atoms with Crippen molar-refractivity contribution in [2.24, 2.45) is 5.92 Å². The first-order chi connectivity index (χ1) is 13.3. The third-order valence-corrected chi connectivity index (χ3v) is 5.76. The lowest BCUT2D eigenvalue weighted by atomic mass is 9.92. The number of piperidine rings is 1. The lowest BCUT2D eigenvalue weighted by Gasteiger charge is -2.33. The number of aromatic nitrogens is 1. The van der Waals surface area contributed by atoms with Crippen molar-refractivity contribution < 1.29 is 14.1 Å². The number of amides is 2. The second kappa shape index (κ2) is 9.07. The van der Waals surface area contributed by atoms with Crippen LogP contribution in [0.2, 0.25) is 0 Å². The lowest BCUT2D eigenvalue weighted by Crippen LogP contribution is -2.44. The first-order valence-electron chi connectivity index (χ1n) is 10.6. The Morgan fingerprint density at radius 3 is 2.32 bits per heavy atom. The van der Waals surface area contributed by atoms with Gasteiger partial charge in [0.05, 0.1) is 12.2 Å². The van der Waals surface area contributed by atoms with Crippen LogP contribution < -0.4 is 5.32 Å². The maximum absolute atomic E-state index is 12.8. The maximum atomic E-state index is 12.8. The Kier molecular flexibility index (Phi) is 6.75. The van der Waals surface area contributed by atoms with E-state index < -0.39 is 0 Å². The van der Waals surface area contributed by atoms with E-state index in [2.05, 4.69) is 20.3 Å². The van der Waals surface area contributed by atoms with E-state index in [0.29, 0.717) is 18.3 Å². The van der Waals surface area contributed by atoms with E-state index in [1.165, 1.54) is 12.8 Å². The fraction of sp³-hybridized carbons (Fsp3) is 0.762. The van der Waals surface area contributed by atoms with Crippen LogP contribution in [0.1, 0.15) is 65.0 Å². The molecule has 3 heterocycles. The van der Waals surface area contributed by atoms with Crippen molar-refractivity contribution in [1.82, 2.24) is 15.0 Å². The Labute approximate surface area is 167 Å². The number of hydrogen-bond acceptors (Lipinski definition) is 5. The molecule has 3 rings (SSSR count). The highest BCUT2D eigenvalue weighted by atomic mass is 16.5. The van der Waals surface area contributed by atoms with Crippen LogP contribution in [0.5, 0.6) is 0 Å². The van der Waals surface area contributed by atoms with Crippen LogP contribution in [-0.2, 0) is 15.0 Å². The van der Waals surface area contributed by atoms with Crippen molar-refractivity contribution in [3.63, 3.8) is 0 Å². The van der Waals surface area contributed by atoms with Gasteiger partial charge in [-0.1, -0.05) is 38.8 Å². The summed E-state index contributed by atoms with van der Waals surface area (Å²) in [4.78, 5) is 29.3. The molecule has 0 bridgehead atoms. The Morgan fingerprint density at radius 2 is 1.75 bits per heavy atom. The van der Waals surface area contributed by atoms with Gasteiger partial charge >= 0.3 is 0 Å². The zero-order chi connectivity index (χ0) is 20.1. The average molecular weight is 391 g/mol. The van der Waals surface area contributed by atoms with Crippen molar-refractivity contribution in [2.45, 2.75) is 64.7 Å². The summed E-state index contributed by atoms with van der Waals surface area (Å²) < 4.78 is 5.23. The van der Waals surface area contributed by atoms with E-state index in [4.69, 9.17) is 4.52 Å². The smallest absolute Gasteiger partial charge is 0.240 e. The summed E-state index contributed by atoms with van der Waals surface area (Å²) in [6, 6.07) is 1.78. The molecule has 0 unspecified atom stereocenters. The second-order valence-electron chi connectivity index (χ2n) is 9.16. The number of anilines is 1. The Morgan fingerprint density at radius 1 is 1.11 bits per heavy atom. The molecule has 1 aromatic rings. The first-order valence-corrected chi connectivity index (χ1v) is 10.6. The van der Waals surface area contributed by atoms with Crippen LogP contribution in [0.25, 0.3) is 0 Å². The Bertz CT molecular complexity index is 663. The molecule has 0 radical (unpaired) electrons. The highest BCUT2D eigenvalue weighted by molar-refractivity contribution is 5.91. The number of likely N-dealkylation sites (tertiary alicyclic amines) is 2. The molecule has 0 saturated carbocycles. The predicted molar refractivity (Wildman–Crippen MR) is 108 cm³/mol. The zero-order valence-corrected chi connectivity index (χ0v) is 17.5. The normalized spacial score (nSPS) is 20.0. The van der Waals surface area contributed by atoms with Gasteiger partial charge in [-0.15, -0.1) is 0 Å².